The molecule has 3 aromatic rings. The zero-order valence-corrected chi connectivity index (χ0v) is 17.1. The third-order valence-corrected chi connectivity index (χ3v) is 5.54. The van der Waals surface area contributed by atoms with Crippen molar-refractivity contribution in [3.8, 4) is 17.1 Å². The molecule has 1 aliphatic heterocycles. The fraction of sp³-hybridized carbons (Fsp3) is 0.263. The number of benzene rings is 1. The number of pyridine rings is 1. The van der Waals surface area contributed by atoms with E-state index in [1.807, 2.05) is 30.3 Å². The van der Waals surface area contributed by atoms with Gasteiger partial charge in [0.05, 0.1) is 0 Å². The number of hydrogen-bond acceptors (Lipinski definition) is 7. The van der Waals surface area contributed by atoms with Gasteiger partial charge in [0.15, 0.2) is 11.9 Å². The van der Waals surface area contributed by atoms with Crippen LogP contribution >= 0.6 is 27.7 Å². The van der Waals surface area contributed by atoms with Crippen molar-refractivity contribution >= 4 is 33.4 Å². The van der Waals surface area contributed by atoms with E-state index in [0.717, 1.165) is 39.9 Å². The number of anilines is 1. The number of thioether (sulfide) groups is 1. The molecule has 0 saturated carbocycles. The molecule has 0 radical (unpaired) electrons. The van der Waals surface area contributed by atoms with Gasteiger partial charge in [-0.1, -0.05) is 41.0 Å². The Balaban J connectivity index is 1.76. The topological polar surface area (TPSA) is 72.8 Å². The Morgan fingerprint density at radius 2 is 2.04 bits per heavy atom. The van der Waals surface area contributed by atoms with E-state index in [4.69, 9.17) is 4.74 Å². The van der Waals surface area contributed by atoms with Crippen LogP contribution in [0.3, 0.4) is 0 Å². The van der Waals surface area contributed by atoms with Crippen LogP contribution in [0.2, 0.25) is 0 Å². The van der Waals surface area contributed by atoms with Crippen molar-refractivity contribution in [3.63, 3.8) is 0 Å². The highest BCUT2D eigenvalue weighted by Crippen LogP contribution is 2.40. The average Bonchev–Trinajstić information content (AvgIpc) is 2.85. The normalized spacial score (nSPS) is 15.1. The van der Waals surface area contributed by atoms with Gasteiger partial charge in [-0.05, 0) is 36.8 Å². The molecule has 0 fully saturated rings. The molecular weight excluding hydrogens is 426 g/mol. The maximum Gasteiger partial charge on any atom is 0.247 e. The van der Waals surface area contributed by atoms with Crippen LogP contribution in [0.5, 0.6) is 5.88 Å². The number of halogens is 1. The fourth-order valence-electron chi connectivity index (χ4n) is 2.73. The van der Waals surface area contributed by atoms with Crippen LogP contribution < -0.4 is 10.1 Å². The number of fused-ring (bicyclic) bond motifs is 3. The Hall–Kier alpha value is -2.19. The van der Waals surface area contributed by atoms with Gasteiger partial charge in [0.2, 0.25) is 11.0 Å². The molecule has 138 valence electrons. The van der Waals surface area contributed by atoms with Gasteiger partial charge in [-0.3, -0.25) is 4.98 Å². The summed E-state index contributed by atoms with van der Waals surface area (Å²) in [5.41, 5.74) is 3.42. The maximum absolute atomic E-state index is 6.23. The van der Waals surface area contributed by atoms with Crippen molar-refractivity contribution in [1.82, 2.24) is 20.2 Å². The molecule has 4 rings (SSSR count). The lowest BCUT2D eigenvalue weighted by Gasteiger charge is -2.19. The van der Waals surface area contributed by atoms with Crippen molar-refractivity contribution in [2.45, 2.75) is 31.1 Å². The second kappa shape index (κ2) is 8.22. The average molecular weight is 444 g/mol. The van der Waals surface area contributed by atoms with Crippen LogP contribution in [0.1, 0.15) is 31.6 Å². The molecule has 0 aliphatic carbocycles. The zero-order chi connectivity index (χ0) is 18.6. The minimum absolute atomic E-state index is 0.389. The highest BCUT2D eigenvalue weighted by molar-refractivity contribution is 9.10. The van der Waals surface area contributed by atoms with Crippen LogP contribution in [-0.4, -0.2) is 25.9 Å². The predicted molar refractivity (Wildman–Crippen MR) is 110 cm³/mol. The molecule has 0 amide bonds. The Morgan fingerprint density at radius 1 is 1.19 bits per heavy atom. The van der Waals surface area contributed by atoms with E-state index < -0.39 is 0 Å². The zero-order valence-electron chi connectivity index (χ0n) is 14.7. The molecule has 3 heterocycles. The first-order valence-corrected chi connectivity index (χ1v) is 10.5. The van der Waals surface area contributed by atoms with Crippen LogP contribution in [0.25, 0.3) is 11.3 Å². The van der Waals surface area contributed by atoms with Crippen molar-refractivity contribution < 1.29 is 4.74 Å². The lowest BCUT2D eigenvalue weighted by molar-refractivity contribution is 0.225. The number of nitrogens with zero attached hydrogens (tertiary/aromatic N) is 4. The van der Waals surface area contributed by atoms with Crippen molar-refractivity contribution in [2.75, 3.05) is 11.1 Å². The maximum atomic E-state index is 6.23. The van der Waals surface area contributed by atoms with Crippen molar-refractivity contribution in [2.24, 2.45) is 0 Å². The van der Waals surface area contributed by atoms with E-state index in [2.05, 4.69) is 48.3 Å². The summed E-state index contributed by atoms with van der Waals surface area (Å²) in [4.78, 5) is 8.73. The third-order valence-electron chi connectivity index (χ3n) is 4.13. The summed E-state index contributed by atoms with van der Waals surface area (Å²) in [7, 11) is 0. The van der Waals surface area contributed by atoms with Gasteiger partial charge < -0.3 is 10.1 Å². The molecule has 6 nitrogen and oxygen atoms in total. The Labute approximate surface area is 170 Å². The van der Waals surface area contributed by atoms with E-state index in [1.54, 1.807) is 24.2 Å². The molecule has 27 heavy (non-hydrogen) atoms. The quantitative estimate of drug-likeness (QED) is 0.434. The molecule has 1 aliphatic rings. The first-order valence-electron chi connectivity index (χ1n) is 8.75. The number of aromatic nitrogens is 4. The number of hydrogen-bond donors (Lipinski definition) is 1. The Bertz CT molecular complexity index is 941. The van der Waals surface area contributed by atoms with Crippen LogP contribution in [-0.2, 0) is 0 Å². The van der Waals surface area contributed by atoms with Gasteiger partial charge in [-0.25, -0.2) is 0 Å². The van der Waals surface area contributed by atoms with E-state index in [0.29, 0.717) is 16.7 Å². The summed E-state index contributed by atoms with van der Waals surface area (Å²) >= 11 is 5.14. The second-order valence-corrected chi connectivity index (χ2v) is 8.04. The van der Waals surface area contributed by atoms with Gasteiger partial charge in [0.1, 0.15) is 0 Å². The lowest BCUT2D eigenvalue weighted by Crippen LogP contribution is -2.17. The van der Waals surface area contributed by atoms with Crippen LogP contribution in [0.15, 0.2) is 52.4 Å². The Kier molecular flexibility index (Phi) is 5.54. The monoisotopic (exact) mass is 443 g/mol. The van der Waals surface area contributed by atoms with Gasteiger partial charge in [0.25, 0.3) is 0 Å². The first kappa shape index (κ1) is 18.2. The first-order chi connectivity index (χ1) is 13.2. The van der Waals surface area contributed by atoms with Gasteiger partial charge in [-0.2, -0.15) is 4.98 Å². The molecule has 1 aromatic carbocycles. The SMILES string of the molecule is CCCCSc1nnc2c(n1)O[C@@H](c1ccncc1)Nc1ccc(Br)cc1-2. The lowest BCUT2D eigenvalue weighted by atomic mass is 10.1. The van der Waals surface area contributed by atoms with E-state index in [9.17, 15) is 0 Å². The summed E-state index contributed by atoms with van der Waals surface area (Å²) in [6, 6.07) is 9.83. The summed E-state index contributed by atoms with van der Waals surface area (Å²) < 4.78 is 7.19. The van der Waals surface area contributed by atoms with E-state index in [-0.39, 0.29) is 6.23 Å². The number of nitrogens with one attached hydrogen (secondary N) is 1. The minimum Gasteiger partial charge on any atom is -0.448 e. The molecule has 1 atom stereocenters. The van der Waals surface area contributed by atoms with Crippen molar-refractivity contribution in [3.05, 3.63) is 52.8 Å². The predicted octanol–water partition coefficient (Wildman–Crippen LogP) is 5.09. The third kappa shape index (κ3) is 4.06. The standard InChI is InChI=1S/C19H18BrN5OS/c1-2-3-10-27-19-23-18-16(24-25-19)14-11-13(20)4-5-15(14)22-17(26-18)12-6-8-21-9-7-12/h4-9,11,17,22H,2-3,10H2,1H3/t17-/m0/s1. The molecule has 8 heteroatoms. The van der Waals surface area contributed by atoms with Gasteiger partial charge in [0, 0.05) is 39.4 Å². The largest absolute Gasteiger partial charge is 0.448 e. The molecule has 0 unspecified atom stereocenters. The summed E-state index contributed by atoms with van der Waals surface area (Å²) in [5, 5.41) is 12.8. The van der Waals surface area contributed by atoms with Gasteiger partial charge >= 0.3 is 0 Å². The number of ether oxygens (including phenoxy) is 1. The van der Waals surface area contributed by atoms with Crippen LogP contribution in [0, 0.1) is 0 Å². The number of unbranched alkanes of at least 4 members (excludes halogenated alkanes) is 1. The molecule has 0 saturated heterocycles. The molecule has 2 aromatic heterocycles. The number of rotatable bonds is 5. The minimum atomic E-state index is -0.389. The smallest absolute Gasteiger partial charge is 0.247 e. The van der Waals surface area contributed by atoms with Crippen LogP contribution in [0.4, 0.5) is 5.69 Å². The summed E-state index contributed by atoms with van der Waals surface area (Å²) in [6.45, 7) is 2.17. The summed E-state index contributed by atoms with van der Waals surface area (Å²) in [6.07, 6.45) is 5.36. The van der Waals surface area contributed by atoms with Crippen molar-refractivity contribution in [1.29, 1.82) is 0 Å². The second-order valence-electron chi connectivity index (χ2n) is 6.06. The fourth-order valence-corrected chi connectivity index (χ4v) is 3.95. The van der Waals surface area contributed by atoms with E-state index in [1.165, 1.54) is 0 Å². The molecule has 0 spiro atoms. The molecular formula is C19H18BrN5OS. The summed E-state index contributed by atoms with van der Waals surface area (Å²) in [5.74, 6) is 1.45. The molecule has 1 N–H and O–H groups in total. The highest BCUT2D eigenvalue weighted by Gasteiger charge is 2.26. The van der Waals surface area contributed by atoms with E-state index >= 15 is 0 Å². The van der Waals surface area contributed by atoms with Gasteiger partial charge in [-0.15, -0.1) is 10.2 Å². The molecule has 0 bridgehead atoms. The highest BCUT2D eigenvalue weighted by atomic mass is 79.9. The Morgan fingerprint density at radius 3 is 2.85 bits per heavy atom.